The molecule has 4 rings (SSSR count). The van der Waals surface area contributed by atoms with E-state index in [4.69, 9.17) is 23.2 Å². The molecule has 1 fully saturated rings. The van der Waals surface area contributed by atoms with Gasteiger partial charge in [-0.05, 0) is 36.4 Å². The molecule has 29 heavy (non-hydrogen) atoms. The molecular formula is C19H16Cl2FN3O2S2. The molecule has 0 aliphatic carbocycles. The normalized spacial score (nSPS) is 15.6. The SMILES string of the molecule is O=S(=O)(c1cccc(Cl)c1)N1CCN(c2nc(-c3cc(F)cc(Cl)c3)cs2)CC1. The van der Waals surface area contributed by atoms with Crippen molar-refractivity contribution in [3.05, 3.63) is 63.7 Å². The van der Waals surface area contributed by atoms with Gasteiger partial charge in [-0.3, -0.25) is 0 Å². The molecule has 0 saturated carbocycles. The third kappa shape index (κ3) is 4.41. The van der Waals surface area contributed by atoms with Crippen molar-refractivity contribution in [3.63, 3.8) is 0 Å². The zero-order valence-electron chi connectivity index (χ0n) is 15.1. The summed E-state index contributed by atoms with van der Waals surface area (Å²) < 4.78 is 40.7. The van der Waals surface area contributed by atoms with Crippen LogP contribution < -0.4 is 4.90 Å². The second kappa shape index (κ2) is 8.20. The fourth-order valence-corrected chi connectivity index (χ4v) is 5.97. The maximum atomic E-state index is 13.6. The summed E-state index contributed by atoms with van der Waals surface area (Å²) in [6, 6.07) is 10.6. The summed E-state index contributed by atoms with van der Waals surface area (Å²) in [6.07, 6.45) is 0. The summed E-state index contributed by atoms with van der Waals surface area (Å²) in [5.41, 5.74) is 1.25. The molecule has 0 N–H and O–H groups in total. The lowest BCUT2D eigenvalue weighted by Gasteiger charge is -2.33. The number of nitrogens with zero attached hydrogens (tertiary/aromatic N) is 3. The number of benzene rings is 2. The number of sulfonamides is 1. The number of anilines is 1. The minimum absolute atomic E-state index is 0.193. The van der Waals surface area contributed by atoms with Crippen molar-refractivity contribution in [3.8, 4) is 11.3 Å². The van der Waals surface area contributed by atoms with Crippen LogP contribution in [0.3, 0.4) is 0 Å². The van der Waals surface area contributed by atoms with Crippen LogP contribution >= 0.6 is 34.5 Å². The number of rotatable bonds is 4. The molecule has 152 valence electrons. The van der Waals surface area contributed by atoms with Gasteiger partial charge in [0.1, 0.15) is 5.82 Å². The molecule has 2 heterocycles. The van der Waals surface area contributed by atoms with Gasteiger partial charge in [0, 0.05) is 47.2 Å². The van der Waals surface area contributed by atoms with Crippen LogP contribution in [-0.2, 0) is 10.0 Å². The highest BCUT2D eigenvalue weighted by atomic mass is 35.5. The fraction of sp³-hybridized carbons (Fsp3) is 0.211. The molecule has 0 spiro atoms. The highest BCUT2D eigenvalue weighted by Crippen LogP contribution is 2.31. The van der Waals surface area contributed by atoms with Crippen molar-refractivity contribution in [1.82, 2.24) is 9.29 Å². The van der Waals surface area contributed by atoms with Crippen LogP contribution in [0.15, 0.2) is 52.7 Å². The summed E-state index contributed by atoms with van der Waals surface area (Å²) in [6.45, 7) is 1.71. The highest BCUT2D eigenvalue weighted by molar-refractivity contribution is 7.89. The molecule has 3 aromatic rings. The van der Waals surface area contributed by atoms with Crippen LogP contribution in [-0.4, -0.2) is 43.9 Å². The molecule has 0 atom stereocenters. The number of thiazole rings is 1. The van der Waals surface area contributed by atoms with Gasteiger partial charge in [0.15, 0.2) is 5.13 Å². The first-order valence-electron chi connectivity index (χ1n) is 8.75. The van der Waals surface area contributed by atoms with Crippen molar-refractivity contribution >= 4 is 49.7 Å². The molecular weight excluding hydrogens is 456 g/mol. The van der Waals surface area contributed by atoms with E-state index in [1.807, 2.05) is 10.3 Å². The summed E-state index contributed by atoms with van der Waals surface area (Å²) in [7, 11) is -3.59. The average molecular weight is 472 g/mol. The third-order valence-electron chi connectivity index (χ3n) is 4.59. The summed E-state index contributed by atoms with van der Waals surface area (Å²) in [5.74, 6) is -0.415. The van der Waals surface area contributed by atoms with Gasteiger partial charge >= 0.3 is 0 Å². The standard InChI is InChI=1S/C19H16Cl2FN3O2S2/c20-14-2-1-3-17(11-14)29(26,27)25-6-4-24(5-7-25)19-23-18(12-28-19)13-8-15(21)10-16(22)9-13/h1-3,8-12H,4-7H2. The van der Waals surface area contributed by atoms with E-state index in [2.05, 4.69) is 4.98 Å². The molecule has 2 aromatic carbocycles. The molecule has 1 aliphatic heterocycles. The van der Waals surface area contributed by atoms with Crippen LogP contribution in [0, 0.1) is 5.82 Å². The van der Waals surface area contributed by atoms with E-state index >= 15 is 0 Å². The van der Waals surface area contributed by atoms with Crippen LogP contribution in [0.25, 0.3) is 11.3 Å². The van der Waals surface area contributed by atoms with Crippen molar-refractivity contribution in [1.29, 1.82) is 0 Å². The van der Waals surface area contributed by atoms with Gasteiger partial charge in [-0.1, -0.05) is 29.3 Å². The van der Waals surface area contributed by atoms with Crippen LogP contribution in [0.5, 0.6) is 0 Å². The number of hydrogen-bond acceptors (Lipinski definition) is 5. The highest BCUT2D eigenvalue weighted by Gasteiger charge is 2.29. The Labute approximate surface area is 182 Å². The molecule has 0 amide bonds. The summed E-state index contributed by atoms with van der Waals surface area (Å²) in [4.78, 5) is 6.80. The molecule has 1 aromatic heterocycles. The summed E-state index contributed by atoms with van der Waals surface area (Å²) >= 11 is 13.3. The molecule has 0 radical (unpaired) electrons. The van der Waals surface area contributed by atoms with Crippen molar-refractivity contribution in [2.75, 3.05) is 31.1 Å². The van der Waals surface area contributed by atoms with Crippen molar-refractivity contribution < 1.29 is 12.8 Å². The smallest absolute Gasteiger partial charge is 0.243 e. The van der Waals surface area contributed by atoms with Gasteiger partial charge in [-0.2, -0.15) is 4.31 Å². The first-order valence-corrected chi connectivity index (χ1v) is 11.8. The zero-order chi connectivity index (χ0) is 20.6. The van der Waals surface area contributed by atoms with Crippen LogP contribution in [0.4, 0.5) is 9.52 Å². The zero-order valence-corrected chi connectivity index (χ0v) is 18.2. The van der Waals surface area contributed by atoms with E-state index in [-0.39, 0.29) is 4.90 Å². The number of aromatic nitrogens is 1. The molecule has 5 nitrogen and oxygen atoms in total. The van der Waals surface area contributed by atoms with E-state index in [9.17, 15) is 12.8 Å². The molecule has 1 saturated heterocycles. The third-order valence-corrected chi connectivity index (χ3v) is 7.84. The van der Waals surface area contributed by atoms with Crippen molar-refractivity contribution in [2.45, 2.75) is 4.90 Å². The quantitative estimate of drug-likeness (QED) is 0.549. The number of piperazine rings is 1. The number of hydrogen-bond donors (Lipinski definition) is 0. The van der Waals surface area contributed by atoms with Crippen molar-refractivity contribution in [2.24, 2.45) is 0 Å². The molecule has 0 unspecified atom stereocenters. The van der Waals surface area contributed by atoms with Gasteiger partial charge in [0.25, 0.3) is 0 Å². The topological polar surface area (TPSA) is 53.5 Å². The van der Waals surface area contributed by atoms with E-state index in [1.165, 1.54) is 33.8 Å². The largest absolute Gasteiger partial charge is 0.345 e. The van der Waals surface area contributed by atoms with E-state index in [0.717, 1.165) is 5.13 Å². The lowest BCUT2D eigenvalue weighted by Crippen LogP contribution is -2.48. The van der Waals surface area contributed by atoms with E-state index in [1.54, 1.807) is 24.3 Å². The minimum Gasteiger partial charge on any atom is -0.345 e. The Morgan fingerprint density at radius 2 is 1.76 bits per heavy atom. The monoisotopic (exact) mass is 471 g/mol. The predicted octanol–water partition coefficient (Wildman–Crippen LogP) is 4.77. The van der Waals surface area contributed by atoms with Gasteiger partial charge in [-0.25, -0.2) is 17.8 Å². The minimum atomic E-state index is -3.59. The Morgan fingerprint density at radius 3 is 2.45 bits per heavy atom. The lowest BCUT2D eigenvalue weighted by atomic mass is 10.2. The Hall–Kier alpha value is -1.71. The molecule has 1 aliphatic rings. The molecule has 0 bridgehead atoms. The maximum absolute atomic E-state index is 13.6. The Bertz CT molecular complexity index is 1130. The predicted molar refractivity (Wildman–Crippen MR) is 115 cm³/mol. The second-order valence-corrected chi connectivity index (χ2v) is 10.2. The molecule has 10 heteroatoms. The lowest BCUT2D eigenvalue weighted by molar-refractivity contribution is 0.385. The maximum Gasteiger partial charge on any atom is 0.243 e. The second-order valence-electron chi connectivity index (χ2n) is 6.52. The van der Waals surface area contributed by atoms with Crippen LogP contribution in [0.1, 0.15) is 0 Å². The van der Waals surface area contributed by atoms with Gasteiger partial charge < -0.3 is 4.90 Å². The first kappa shape index (κ1) is 20.6. The first-order chi connectivity index (χ1) is 13.8. The number of halogens is 3. The van der Waals surface area contributed by atoms with Gasteiger partial charge in [-0.15, -0.1) is 11.3 Å². The Balaban J connectivity index is 1.47. The van der Waals surface area contributed by atoms with Gasteiger partial charge in [0.2, 0.25) is 10.0 Å². The summed E-state index contributed by atoms with van der Waals surface area (Å²) in [5, 5.41) is 3.31. The Kier molecular flexibility index (Phi) is 5.81. The van der Waals surface area contributed by atoms with E-state index < -0.39 is 15.8 Å². The van der Waals surface area contributed by atoms with Gasteiger partial charge in [0.05, 0.1) is 10.6 Å². The van der Waals surface area contributed by atoms with Crippen LogP contribution in [0.2, 0.25) is 10.0 Å². The average Bonchev–Trinajstić information content (AvgIpc) is 3.18. The van der Waals surface area contributed by atoms with E-state index in [0.29, 0.717) is 47.5 Å². The fourth-order valence-electron chi connectivity index (χ4n) is 3.14. The Morgan fingerprint density at radius 1 is 1.00 bits per heavy atom.